The van der Waals surface area contributed by atoms with Crippen LogP contribution in [0.1, 0.15) is 11.1 Å². The van der Waals surface area contributed by atoms with Gasteiger partial charge in [-0.25, -0.2) is 4.39 Å². The molecular weight excluding hydrogens is 327 g/mol. The van der Waals surface area contributed by atoms with Gasteiger partial charge in [0.2, 0.25) is 0 Å². The fraction of sp³-hybridized carbons (Fsp3) is 0.0714. The summed E-state index contributed by atoms with van der Waals surface area (Å²) in [5, 5.41) is 3.03. The summed E-state index contributed by atoms with van der Waals surface area (Å²) in [5.41, 5.74) is 8.26. The Hall–Kier alpha value is -1.46. The van der Waals surface area contributed by atoms with Gasteiger partial charge >= 0.3 is 0 Å². The molecule has 3 N–H and O–H groups in total. The van der Waals surface area contributed by atoms with Gasteiger partial charge in [-0.1, -0.05) is 28.1 Å². The summed E-state index contributed by atoms with van der Waals surface area (Å²) in [7, 11) is 0. The summed E-state index contributed by atoms with van der Waals surface area (Å²) in [6, 6.07) is 10.4. The SMILES string of the molecule is Cc1cc(Br)cc(Nc2ccc(C(N)=S)cc2F)c1. The van der Waals surface area contributed by atoms with Crippen molar-refractivity contribution in [3.8, 4) is 0 Å². The lowest BCUT2D eigenvalue weighted by atomic mass is 10.1. The number of nitrogens with two attached hydrogens (primary N) is 1. The Morgan fingerprint density at radius 2 is 2.00 bits per heavy atom. The van der Waals surface area contributed by atoms with Crippen LogP contribution in [-0.4, -0.2) is 4.99 Å². The average molecular weight is 339 g/mol. The zero-order valence-corrected chi connectivity index (χ0v) is 12.6. The normalized spacial score (nSPS) is 10.3. The van der Waals surface area contributed by atoms with Crippen LogP contribution in [0.5, 0.6) is 0 Å². The predicted octanol–water partition coefficient (Wildman–Crippen LogP) is 4.27. The number of nitrogens with one attached hydrogen (secondary N) is 1. The molecule has 0 spiro atoms. The highest BCUT2D eigenvalue weighted by molar-refractivity contribution is 9.10. The molecule has 0 atom stereocenters. The first-order valence-electron chi connectivity index (χ1n) is 5.59. The van der Waals surface area contributed by atoms with E-state index in [0.29, 0.717) is 11.3 Å². The van der Waals surface area contributed by atoms with Gasteiger partial charge in [0, 0.05) is 15.7 Å². The number of aryl methyl sites for hydroxylation is 1. The lowest BCUT2D eigenvalue weighted by molar-refractivity contribution is 0.631. The van der Waals surface area contributed by atoms with E-state index in [9.17, 15) is 4.39 Å². The van der Waals surface area contributed by atoms with E-state index in [-0.39, 0.29) is 10.8 Å². The molecule has 0 saturated carbocycles. The Labute approximate surface area is 124 Å². The molecule has 0 unspecified atom stereocenters. The number of anilines is 2. The molecule has 0 aliphatic carbocycles. The van der Waals surface area contributed by atoms with E-state index in [1.807, 2.05) is 25.1 Å². The molecular formula is C14H12BrFN2S. The van der Waals surface area contributed by atoms with Crippen molar-refractivity contribution in [1.82, 2.24) is 0 Å². The van der Waals surface area contributed by atoms with E-state index in [2.05, 4.69) is 21.2 Å². The first-order valence-corrected chi connectivity index (χ1v) is 6.79. The van der Waals surface area contributed by atoms with Crippen LogP contribution >= 0.6 is 28.1 Å². The fourth-order valence-corrected chi connectivity index (χ4v) is 2.47. The lowest BCUT2D eigenvalue weighted by Gasteiger charge is -2.10. The van der Waals surface area contributed by atoms with E-state index in [4.69, 9.17) is 18.0 Å². The number of thiocarbonyl (C=S) groups is 1. The molecule has 98 valence electrons. The molecule has 2 aromatic rings. The van der Waals surface area contributed by atoms with Crippen molar-refractivity contribution in [3.05, 3.63) is 57.8 Å². The highest BCUT2D eigenvalue weighted by Gasteiger charge is 2.06. The highest BCUT2D eigenvalue weighted by Crippen LogP contribution is 2.24. The quantitative estimate of drug-likeness (QED) is 0.820. The van der Waals surface area contributed by atoms with E-state index < -0.39 is 0 Å². The van der Waals surface area contributed by atoms with Crippen molar-refractivity contribution in [1.29, 1.82) is 0 Å². The summed E-state index contributed by atoms with van der Waals surface area (Å²) in [5.74, 6) is -0.386. The maximum Gasteiger partial charge on any atom is 0.147 e. The molecule has 5 heteroatoms. The second-order valence-corrected chi connectivity index (χ2v) is 5.56. The molecule has 0 bridgehead atoms. The summed E-state index contributed by atoms with van der Waals surface area (Å²) in [4.78, 5) is 0.184. The standard InChI is InChI=1S/C14H12BrFN2S/c1-8-4-10(15)7-11(5-8)18-13-3-2-9(14(17)19)6-12(13)16/h2-7,18H,1H3,(H2,17,19). The fourth-order valence-electron chi connectivity index (χ4n) is 1.73. The zero-order valence-electron chi connectivity index (χ0n) is 10.2. The van der Waals surface area contributed by atoms with Crippen molar-refractivity contribution >= 4 is 44.5 Å². The maximum absolute atomic E-state index is 13.9. The summed E-state index contributed by atoms with van der Waals surface area (Å²) in [6.45, 7) is 1.97. The van der Waals surface area contributed by atoms with Gasteiger partial charge in [-0.05, 0) is 48.9 Å². The topological polar surface area (TPSA) is 38.0 Å². The Bertz CT molecular complexity index is 623. The predicted molar refractivity (Wildman–Crippen MR) is 84.4 cm³/mol. The minimum atomic E-state index is -0.386. The van der Waals surface area contributed by atoms with Crippen LogP contribution in [0.3, 0.4) is 0 Å². The van der Waals surface area contributed by atoms with Crippen LogP contribution in [0.4, 0.5) is 15.8 Å². The van der Waals surface area contributed by atoms with Crippen LogP contribution in [0.25, 0.3) is 0 Å². The Morgan fingerprint density at radius 3 is 2.58 bits per heavy atom. The molecule has 19 heavy (non-hydrogen) atoms. The minimum absolute atomic E-state index is 0.184. The van der Waals surface area contributed by atoms with E-state index >= 15 is 0 Å². The Balaban J connectivity index is 2.30. The van der Waals surface area contributed by atoms with E-state index in [0.717, 1.165) is 15.7 Å². The van der Waals surface area contributed by atoms with Crippen molar-refractivity contribution in [2.75, 3.05) is 5.32 Å². The smallest absolute Gasteiger partial charge is 0.147 e. The number of halogens is 2. The van der Waals surface area contributed by atoms with Crippen LogP contribution in [0.2, 0.25) is 0 Å². The van der Waals surface area contributed by atoms with Gasteiger partial charge in [-0.15, -0.1) is 0 Å². The number of rotatable bonds is 3. The molecule has 2 aromatic carbocycles. The van der Waals surface area contributed by atoms with Gasteiger partial charge in [0.15, 0.2) is 0 Å². The van der Waals surface area contributed by atoms with Crippen molar-refractivity contribution in [3.63, 3.8) is 0 Å². The monoisotopic (exact) mass is 338 g/mol. The lowest BCUT2D eigenvalue weighted by Crippen LogP contribution is -2.09. The third-order valence-electron chi connectivity index (χ3n) is 2.57. The van der Waals surface area contributed by atoms with Gasteiger partial charge in [0.25, 0.3) is 0 Å². The van der Waals surface area contributed by atoms with Gasteiger partial charge in [0.1, 0.15) is 10.8 Å². The first kappa shape index (κ1) is 14.0. The molecule has 0 amide bonds. The molecule has 0 saturated heterocycles. The number of hydrogen-bond donors (Lipinski definition) is 2. The van der Waals surface area contributed by atoms with Crippen LogP contribution < -0.4 is 11.1 Å². The van der Waals surface area contributed by atoms with E-state index in [1.54, 1.807) is 12.1 Å². The Morgan fingerprint density at radius 1 is 1.26 bits per heavy atom. The summed E-state index contributed by atoms with van der Waals surface area (Å²) < 4.78 is 14.8. The second-order valence-electron chi connectivity index (χ2n) is 4.20. The molecule has 0 aromatic heterocycles. The molecule has 0 heterocycles. The van der Waals surface area contributed by atoms with E-state index in [1.165, 1.54) is 6.07 Å². The largest absolute Gasteiger partial charge is 0.389 e. The van der Waals surface area contributed by atoms with Gasteiger partial charge in [-0.2, -0.15) is 0 Å². The summed E-state index contributed by atoms with van der Waals surface area (Å²) in [6.07, 6.45) is 0. The van der Waals surface area contributed by atoms with Crippen LogP contribution in [0, 0.1) is 12.7 Å². The first-order chi connectivity index (χ1) is 8.95. The summed E-state index contributed by atoms with van der Waals surface area (Å²) >= 11 is 8.22. The second kappa shape index (κ2) is 5.67. The van der Waals surface area contributed by atoms with Crippen molar-refractivity contribution < 1.29 is 4.39 Å². The van der Waals surface area contributed by atoms with Gasteiger partial charge < -0.3 is 11.1 Å². The third-order valence-corrected chi connectivity index (χ3v) is 3.27. The number of hydrogen-bond acceptors (Lipinski definition) is 2. The zero-order chi connectivity index (χ0) is 14.0. The molecule has 0 aliphatic heterocycles. The van der Waals surface area contributed by atoms with Crippen LogP contribution in [0.15, 0.2) is 40.9 Å². The minimum Gasteiger partial charge on any atom is -0.389 e. The molecule has 2 nitrogen and oxygen atoms in total. The molecule has 0 fully saturated rings. The molecule has 2 rings (SSSR count). The van der Waals surface area contributed by atoms with Crippen LogP contribution in [-0.2, 0) is 0 Å². The van der Waals surface area contributed by atoms with Crippen molar-refractivity contribution in [2.24, 2.45) is 5.73 Å². The molecule has 0 aliphatic rings. The Kier molecular flexibility index (Phi) is 4.17. The number of benzene rings is 2. The highest BCUT2D eigenvalue weighted by atomic mass is 79.9. The average Bonchev–Trinajstić information content (AvgIpc) is 2.30. The maximum atomic E-state index is 13.9. The molecule has 0 radical (unpaired) electrons. The van der Waals surface area contributed by atoms with Crippen molar-refractivity contribution in [2.45, 2.75) is 6.92 Å². The van der Waals surface area contributed by atoms with Gasteiger partial charge in [0.05, 0.1) is 5.69 Å². The van der Waals surface area contributed by atoms with Gasteiger partial charge in [-0.3, -0.25) is 0 Å². The third kappa shape index (κ3) is 3.52.